The van der Waals surface area contributed by atoms with Crippen molar-refractivity contribution in [3.63, 3.8) is 0 Å². The molecule has 1 aromatic rings. The Hall–Kier alpha value is -1.60. The molecule has 1 aliphatic rings. The molecule has 3 nitrogen and oxygen atoms in total. The molecule has 0 radical (unpaired) electrons. The van der Waals surface area contributed by atoms with Crippen molar-refractivity contribution in [3.8, 4) is 6.07 Å². The fourth-order valence-corrected chi connectivity index (χ4v) is 2.65. The molecule has 102 valence electrons. The highest BCUT2D eigenvalue weighted by Crippen LogP contribution is 2.19. The number of nitrogens with one attached hydrogen (secondary N) is 1. The summed E-state index contributed by atoms with van der Waals surface area (Å²) >= 11 is 0. The predicted octanol–water partition coefficient (Wildman–Crippen LogP) is 2.98. The molecule has 0 amide bonds. The van der Waals surface area contributed by atoms with Crippen molar-refractivity contribution in [2.24, 2.45) is 0 Å². The maximum Gasteiger partial charge on any atom is 0.124 e. The van der Waals surface area contributed by atoms with Gasteiger partial charge in [0.05, 0.1) is 11.3 Å². The van der Waals surface area contributed by atoms with Gasteiger partial charge in [-0.05, 0) is 51.1 Å². The topological polar surface area (TPSA) is 39.1 Å². The first-order chi connectivity index (χ1) is 9.20. The van der Waals surface area contributed by atoms with Gasteiger partial charge in [0.15, 0.2) is 0 Å². The third kappa shape index (κ3) is 3.68. The molecule has 1 fully saturated rings. The van der Waals surface area contributed by atoms with Gasteiger partial charge >= 0.3 is 0 Å². The maximum absolute atomic E-state index is 13.0. The Morgan fingerprint density at radius 1 is 1.47 bits per heavy atom. The van der Waals surface area contributed by atoms with Crippen molar-refractivity contribution in [3.05, 3.63) is 29.6 Å². The van der Waals surface area contributed by atoms with Crippen LogP contribution in [0.4, 0.5) is 10.1 Å². The van der Waals surface area contributed by atoms with Gasteiger partial charge in [-0.2, -0.15) is 5.26 Å². The van der Waals surface area contributed by atoms with Gasteiger partial charge in [-0.25, -0.2) is 4.39 Å². The second kappa shape index (κ2) is 6.53. The second-order valence-electron chi connectivity index (χ2n) is 5.15. The van der Waals surface area contributed by atoms with Crippen LogP contribution in [0.5, 0.6) is 0 Å². The van der Waals surface area contributed by atoms with Crippen LogP contribution in [0.15, 0.2) is 18.2 Å². The standard InChI is InChI=1S/C15H20FN3/c1-19-9-3-2-4-14(19)7-8-18-15-6-5-13(16)10-12(15)11-17/h5-6,10,14,18H,2-4,7-9H2,1H3. The quantitative estimate of drug-likeness (QED) is 0.905. The number of hydrogen-bond donors (Lipinski definition) is 1. The highest BCUT2D eigenvalue weighted by atomic mass is 19.1. The van der Waals surface area contributed by atoms with Crippen molar-refractivity contribution in [1.82, 2.24) is 4.90 Å². The zero-order valence-electron chi connectivity index (χ0n) is 11.3. The Labute approximate surface area is 114 Å². The molecule has 0 aliphatic carbocycles. The van der Waals surface area contributed by atoms with Crippen molar-refractivity contribution in [1.29, 1.82) is 5.26 Å². The number of nitrogens with zero attached hydrogens (tertiary/aromatic N) is 2. The summed E-state index contributed by atoms with van der Waals surface area (Å²) in [6.45, 7) is 1.99. The van der Waals surface area contributed by atoms with E-state index in [-0.39, 0.29) is 5.82 Å². The molecule has 1 heterocycles. The molecule has 1 atom stereocenters. The second-order valence-corrected chi connectivity index (χ2v) is 5.15. The average molecular weight is 261 g/mol. The minimum atomic E-state index is -0.367. The molecule has 0 saturated carbocycles. The highest BCUT2D eigenvalue weighted by molar-refractivity contribution is 5.57. The molecule has 1 saturated heterocycles. The first-order valence-corrected chi connectivity index (χ1v) is 6.84. The Bertz CT molecular complexity index is 467. The molecule has 1 unspecified atom stereocenters. The Balaban J connectivity index is 1.87. The van der Waals surface area contributed by atoms with Crippen molar-refractivity contribution >= 4 is 5.69 Å². The number of anilines is 1. The van der Waals surface area contributed by atoms with Crippen LogP contribution in [0.25, 0.3) is 0 Å². The lowest BCUT2D eigenvalue weighted by Crippen LogP contribution is -2.37. The van der Waals surface area contributed by atoms with E-state index < -0.39 is 0 Å². The van der Waals surface area contributed by atoms with Gasteiger partial charge in [0.2, 0.25) is 0 Å². The molecule has 0 aromatic heterocycles. The summed E-state index contributed by atoms with van der Waals surface area (Å²) in [7, 11) is 2.17. The summed E-state index contributed by atoms with van der Waals surface area (Å²) in [6, 6.07) is 6.93. The normalized spacial score (nSPS) is 19.9. The van der Waals surface area contributed by atoms with E-state index in [9.17, 15) is 4.39 Å². The largest absolute Gasteiger partial charge is 0.384 e. The number of hydrogen-bond acceptors (Lipinski definition) is 3. The monoisotopic (exact) mass is 261 g/mol. The van der Waals surface area contributed by atoms with Crippen LogP contribution in [0.2, 0.25) is 0 Å². The van der Waals surface area contributed by atoms with Gasteiger partial charge in [-0.3, -0.25) is 0 Å². The first kappa shape index (κ1) is 13.8. The summed E-state index contributed by atoms with van der Waals surface area (Å²) in [5.74, 6) is -0.367. The van der Waals surface area contributed by atoms with E-state index in [2.05, 4.69) is 17.3 Å². The Morgan fingerprint density at radius 2 is 2.32 bits per heavy atom. The van der Waals surface area contributed by atoms with E-state index >= 15 is 0 Å². The molecule has 0 bridgehead atoms. The third-order valence-corrected chi connectivity index (χ3v) is 3.82. The van der Waals surface area contributed by atoms with Gasteiger partial charge in [-0.15, -0.1) is 0 Å². The molecular weight excluding hydrogens is 241 g/mol. The van der Waals surface area contributed by atoms with E-state index in [0.717, 1.165) is 18.7 Å². The van der Waals surface area contributed by atoms with Crippen molar-refractivity contribution in [2.75, 3.05) is 25.5 Å². The van der Waals surface area contributed by atoms with Crippen LogP contribution in [0.3, 0.4) is 0 Å². The number of benzene rings is 1. The summed E-state index contributed by atoms with van der Waals surface area (Å²) in [4.78, 5) is 2.40. The fraction of sp³-hybridized carbons (Fsp3) is 0.533. The summed E-state index contributed by atoms with van der Waals surface area (Å²) in [6.07, 6.45) is 4.89. The van der Waals surface area contributed by atoms with Crippen LogP contribution in [-0.4, -0.2) is 31.1 Å². The molecule has 2 rings (SSSR count). The summed E-state index contributed by atoms with van der Waals surface area (Å²) in [5.41, 5.74) is 1.10. The van der Waals surface area contributed by atoms with Crippen LogP contribution in [-0.2, 0) is 0 Å². The molecule has 1 N–H and O–H groups in total. The number of rotatable bonds is 4. The lowest BCUT2D eigenvalue weighted by molar-refractivity contribution is 0.179. The minimum Gasteiger partial charge on any atom is -0.384 e. The third-order valence-electron chi connectivity index (χ3n) is 3.82. The zero-order chi connectivity index (χ0) is 13.7. The average Bonchev–Trinajstić information content (AvgIpc) is 2.42. The number of likely N-dealkylation sites (tertiary alicyclic amines) is 1. The molecule has 4 heteroatoms. The van der Waals surface area contributed by atoms with Gasteiger partial charge < -0.3 is 10.2 Å². The van der Waals surface area contributed by atoms with E-state index in [4.69, 9.17) is 5.26 Å². The van der Waals surface area contributed by atoms with Gasteiger partial charge in [0.1, 0.15) is 11.9 Å². The van der Waals surface area contributed by atoms with Gasteiger partial charge in [-0.1, -0.05) is 6.42 Å². The number of piperidine rings is 1. The summed E-state index contributed by atoms with van der Waals surface area (Å²) < 4.78 is 13.0. The maximum atomic E-state index is 13.0. The summed E-state index contributed by atoms with van der Waals surface area (Å²) in [5, 5.41) is 12.2. The fourth-order valence-electron chi connectivity index (χ4n) is 2.65. The minimum absolute atomic E-state index is 0.367. The van der Waals surface area contributed by atoms with Crippen LogP contribution >= 0.6 is 0 Å². The molecular formula is C15H20FN3. The van der Waals surface area contributed by atoms with Gasteiger partial charge in [0, 0.05) is 12.6 Å². The molecule has 19 heavy (non-hydrogen) atoms. The lowest BCUT2D eigenvalue weighted by atomic mass is 10.00. The highest BCUT2D eigenvalue weighted by Gasteiger charge is 2.18. The van der Waals surface area contributed by atoms with Crippen LogP contribution < -0.4 is 5.32 Å². The van der Waals surface area contributed by atoms with Crippen LogP contribution in [0, 0.1) is 17.1 Å². The van der Waals surface area contributed by atoms with Crippen molar-refractivity contribution < 1.29 is 4.39 Å². The molecule has 0 spiro atoms. The van der Waals surface area contributed by atoms with E-state index in [1.807, 2.05) is 6.07 Å². The Kier molecular flexibility index (Phi) is 4.75. The van der Waals surface area contributed by atoms with E-state index in [1.165, 1.54) is 37.9 Å². The molecule has 1 aliphatic heterocycles. The Morgan fingerprint density at radius 3 is 3.05 bits per heavy atom. The number of halogens is 1. The van der Waals surface area contributed by atoms with E-state index in [1.54, 1.807) is 6.07 Å². The van der Waals surface area contributed by atoms with E-state index in [0.29, 0.717) is 11.6 Å². The first-order valence-electron chi connectivity index (χ1n) is 6.84. The predicted molar refractivity (Wildman–Crippen MR) is 74.5 cm³/mol. The lowest BCUT2D eigenvalue weighted by Gasteiger charge is -2.32. The number of nitriles is 1. The zero-order valence-corrected chi connectivity index (χ0v) is 11.3. The SMILES string of the molecule is CN1CCCCC1CCNc1ccc(F)cc1C#N. The van der Waals surface area contributed by atoms with Crippen molar-refractivity contribution in [2.45, 2.75) is 31.7 Å². The van der Waals surface area contributed by atoms with Crippen LogP contribution in [0.1, 0.15) is 31.2 Å². The van der Waals surface area contributed by atoms with Gasteiger partial charge in [0.25, 0.3) is 0 Å². The molecule has 1 aromatic carbocycles. The smallest absolute Gasteiger partial charge is 0.124 e.